The molecule has 0 aliphatic heterocycles. The van der Waals surface area contributed by atoms with Crippen LogP contribution in [0.25, 0.3) is 0 Å². The molecule has 186 valence electrons. The maximum absolute atomic E-state index is 13.1. The lowest BCUT2D eigenvalue weighted by Gasteiger charge is -2.29. The van der Waals surface area contributed by atoms with Gasteiger partial charge in [-0.25, -0.2) is 8.42 Å². The van der Waals surface area contributed by atoms with E-state index in [1.165, 1.54) is 23.4 Å². The van der Waals surface area contributed by atoms with Crippen molar-refractivity contribution in [3.8, 4) is 5.75 Å². The number of nitrogens with zero attached hydrogens (tertiary/aromatic N) is 2. The van der Waals surface area contributed by atoms with E-state index in [1.807, 2.05) is 0 Å². The van der Waals surface area contributed by atoms with Crippen LogP contribution in [0.5, 0.6) is 5.75 Å². The summed E-state index contributed by atoms with van der Waals surface area (Å²) in [4.78, 5) is 26.9. The zero-order chi connectivity index (χ0) is 25.5. The summed E-state index contributed by atoms with van der Waals surface area (Å²) in [5.41, 5.74) is 1.11. The van der Waals surface area contributed by atoms with Crippen molar-refractivity contribution in [2.75, 3.05) is 31.3 Å². The summed E-state index contributed by atoms with van der Waals surface area (Å²) >= 11 is 12.1. The number of anilines is 1. The van der Waals surface area contributed by atoms with Crippen LogP contribution in [-0.2, 0) is 26.2 Å². The quantitative estimate of drug-likeness (QED) is 0.478. The molecule has 0 aliphatic carbocycles. The average Bonchev–Trinajstić information content (AvgIpc) is 2.80. The smallest absolute Gasteiger partial charge is 0.242 e. The van der Waals surface area contributed by atoms with Gasteiger partial charge in [0, 0.05) is 26.6 Å². The highest BCUT2D eigenvalue weighted by Gasteiger charge is 2.26. The van der Waals surface area contributed by atoms with E-state index in [9.17, 15) is 18.0 Å². The number of sulfonamides is 1. The highest BCUT2D eigenvalue weighted by Crippen LogP contribution is 2.30. The lowest BCUT2D eigenvalue weighted by atomic mass is 10.1. The van der Waals surface area contributed by atoms with Crippen LogP contribution in [0, 0.1) is 0 Å². The van der Waals surface area contributed by atoms with E-state index in [1.54, 1.807) is 49.4 Å². The highest BCUT2D eigenvalue weighted by atomic mass is 35.5. The van der Waals surface area contributed by atoms with Gasteiger partial charge in [0.1, 0.15) is 11.8 Å². The van der Waals surface area contributed by atoms with Crippen LogP contribution in [0.2, 0.25) is 10.0 Å². The van der Waals surface area contributed by atoms with Gasteiger partial charge in [0.2, 0.25) is 21.8 Å². The average molecular weight is 530 g/mol. The molecule has 2 aromatic carbocycles. The number of para-hydroxylation sites is 2. The van der Waals surface area contributed by atoms with E-state index in [-0.39, 0.29) is 37.7 Å². The summed E-state index contributed by atoms with van der Waals surface area (Å²) < 4.78 is 31.4. The van der Waals surface area contributed by atoms with Crippen LogP contribution < -0.4 is 14.4 Å². The minimum atomic E-state index is -3.62. The molecule has 8 nitrogen and oxygen atoms in total. The number of benzene rings is 2. The molecule has 2 rings (SSSR count). The van der Waals surface area contributed by atoms with Crippen molar-refractivity contribution in [3.63, 3.8) is 0 Å². The molecule has 0 bridgehead atoms. The summed E-state index contributed by atoms with van der Waals surface area (Å²) in [5.74, 6) is -0.204. The van der Waals surface area contributed by atoms with E-state index in [0.717, 1.165) is 6.26 Å². The molecular weight excluding hydrogens is 501 g/mol. The zero-order valence-electron chi connectivity index (χ0n) is 19.5. The van der Waals surface area contributed by atoms with Crippen molar-refractivity contribution >= 4 is 50.7 Å². The largest absolute Gasteiger partial charge is 0.495 e. The van der Waals surface area contributed by atoms with Gasteiger partial charge in [-0.2, -0.15) is 0 Å². The molecule has 34 heavy (non-hydrogen) atoms. The number of hydrogen-bond donors (Lipinski definition) is 1. The van der Waals surface area contributed by atoms with Crippen molar-refractivity contribution in [2.24, 2.45) is 0 Å². The molecule has 11 heteroatoms. The molecule has 2 aromatic rings. The lowest BCUT2D eigenvalue weighted by molar-refractivity contribution is -0.140. The molecule has 0 fully saturated rings. The molecule has 0 aliphatic rings. The normalized spacial score (nSPS) is 12.1. The molecule has 0 unspecified atom stereocenters. The van der Waals surface area contributed by atoms with Crippen LogP contribution in [0.3, 0.4) is 0 Å². The third-order valence-corrected chi connectivity index (χ3v) is 7.18. The fourth-order valence-electron chi connectivity index (χ4n) is 3.44. The van der Waals surface area contributed by atoms with Gasteiger partial charge in [0.05, 0.1) is 29.1 Å². The van der Waals surface area contributed by atoms with Crippen LogP contribution >= 0.6 is 23.2 Å². The fourth-order valence-corrected chi connectivity index (χ4v) is 4.73. The Hall–Kier alpha value is -2.49. The number of halogens is 2. The minimum Gasteiger partial charge on any atom is -0.495 e. The summed E-state index contributed by atoms with van der Waals surface area (Å²) in [5, 5.41) is 3.29. The topological polar surface area (TPSA) is 96.0 Å². The number of amides is 2. The Morgan fingerprint density at radius 1 is 1.12 bits per heavy atom. The first-order valence-corrected chi connectivity index (χ1v) is 13.2. The number of carbonyl (C=O) groups excluding carboxylic acids is 2. The first kappa shape index (κ1) is 27.8. The van der Waals surface area contributed by atoms with Crippen LogP contribution in [0.15, 0.2) is 42.5 Å². The second kappa shape index (κ2) is 12.3. The SMILES string of the molecule is CNC(=O)[C@@H](C)N(Cc1ccc(Cl)c(Cl)c1)C(=O)CCCN(c1ccccc1OC)S(C)(=O)=O. The third kappa shape index (κ3) is 7.25. The summed E-state index contributed by atoms with van der Waals surface area (Å²) in [7, 11) is -0.663. The molecular formula is C23H29Cl2N3O5S. The number of rotatable bonds is 11. The van der Waals surface area contributed by atoms with Gasteiger partial charge in [0.25, 0.3) is 0 Å². The number of likely N-dealkylation sites (N-methyl/N-ethyl adjacent to an activating group) is 1. The van der Waals surface area contributed by atoms with Gasteiger partial charge >= 0.3 is 0 Å². The number of ether oxygens (including phenoxy) is 1. The second-order valence-corrected chi connectivity index (χ2v) is 10.4. The summed E-state index contributed by atoms with van der Waals surface area (Å²) in [6.45, 7) is 1.85. The van der Waals surface area contributed by atoms with Gasteiger partial charge in [0.15, 0.2) is 0 Å². The Kier molecular flexibility index (Phi) is 10.0. The molecule has 0 aromatic heterocycles. The molecule has 1 atom stereocenters. The fraction of sp³-hybridized carbons (Fsp3) is 0.391. The van der Waals surface area contributed by atoms with Gasteiger partial charge in [-0.1, -0.05) is 41.4 Å². The minimum absolute atomic E-state index is 0.0316. The third-order valence-electron chi connectivity index (χ3n) is 5.26. The molecule has 0 heterocycles. The first-order chi connectivity index (χ1) is 16.0. The van der Waals surface area contributed by atoms with E-state index < -0.39 is 16.1 Å². The molecule has 0 radical (unpaired) electrons. The van der Waals surface area contributed by atoms with Crippen molar-refractivity contribution in [2.45, 2.75) is 32.4 Å². The molecule has 0 saturated heterocycles. The Bertz CT molecular complexity index is 1130. The molecule has 2 amide bonds. The first-order valence-electron chi connectivity index (χ1n) is 10.5. The standard InChI is InChI=1S/C23H29Cl2N3O5S/c1-16(23(30)26-2)27(15-17-11-12-18(24)19(25)14-17)22(29)10-7-13-28(34(4,31)32)20-8-5-6-9-21(20)33-3/h5-6,8-9,11-12,14,16H,7,10,13,15H2,1-4H3,(H,26,30)/t16-/m1/s1. The maximum Gasteiger partial charge on any atom is 0.242 e. The zero-order valence-corrected chi connectivity index (χ0v) is 21.9. The monoisotopic (exact) mass is 529 g/mol. The van der Waals surface area contributed by atoms with Crippen LogP contribution in [0.4, 0.5) is 5.69 Å². The van der Waals surface area contributed by atoms with Crippen molar-refractivity contribution < 1.29 is 22.7 Å². The highest BCUT2D eigenvalue weighted by molar-refractivity contribution is 7.92. The van der Waals surface area contributed by atoms with E-state index in [4.69, 9.17) is 27.9 Å². The Morgan fingerprint density at radius 3 is 2.38 bits per heavy atom. The van der Waals surface area contributed by atoms with Crippen molar-refractivity contribution in [3.05, 3.63) is 58.1 Å². The van der Waals surface area contributed by atoms with Gasteiger partial charge in [-0.15, -0.1) is 0 Å². The predicted octanol–water partition coefficient (Wildman–Crippen LogP) is 3.71. The number of methoxy groups -OCH3 is 1. The van der Waals surface area contributed by atoms with Crippen molar-refractivity contribution in [1.82, 2.24) is 10.2 Å². The van der Waals surface area contributed by atoms with Crippen LogP contribution in [-0.4, -0.2) is 58.1 Å². The summed E-state index contributed by atoms with van der Waals surface area (Å²) in [6.07, 6.45) is 1.37. The van der Waals surface area contributed by atoms with E-state index >= 15 is 0 Å². The predicted molar refractivity (Wildman–Crippen MR) is 135 cm³/mol. The number of nitrogens with one attached hydrogen (secondary N) is 1. The summed E-state index contributed by atoms with van der Waals surface area (Å²) in [6, 6.07) is 11.0. The lowest BCUT2D eigenvalue weighted by Crippen LogP contribution is -2.46. The molecule has 0 saturated carbocycles. The number of hydrogen-bond acceptors (Lipinski definition) is 5. The van der Waals surface area contributed by atoms with Gasteiger partial charge in [-0.3, -0.25) is 13.9 Å². The Morgan fingerprint density at radius 2 is 1.79 bits per heavy atom. The maximum atomic E-state index is 13.1. The molecule has 0 spiro atoms. The van der Waals surface area contributed by atoms with Gasteiger partial charge in [-0.05, 0) is 43.2 Å². The Balaban J connectivity index is 2.19. The van der Waals surface area contributed by atoms with E-state index in [0.29, 0.717) is 27.0 Å². The van der Waals surface area contributed by atoms with Crippen molar-refractivity contribution in [1.29, 1.82) is 0 Å². The van der Waals surface area contributed by atoms with Gasteiger partial charge < -0.3 is 15.0 Å². The van der Waals surface area contributed by atoms with E-state index in [2.05, 4.69) is 5.32 Å². The second-order valence-electron chi connectivity index (χ2n) is 7.67. The van der Waals surface area contributed by atoms with Crippen LogP contribution in [0.1, 0.15) is 25.3 Å². The molecule has 1 N–H and O–H groups in total. The Labute approximate surface area is 210 Å². The number of carbonyl (C=O) groups is 2.